The molecule has 0 aliphatic heterocycles. The average molecular weight is 279 g/mol. The molecule has 0 saturated heterocycles. The Kier molecular flexibility index (Phi) is 3.20. The maximum Gasteiger partial charge on any atom is 0.178 e. The number of hydrogen-bond donors (Lipinski definition) is 1. The van der Waals surface area contributed by atoms with Crippen LogP contribution >= 0.6 is 24.0 Å². The number of nitrogens with one attached hydrogen (secondary N) is 1. The van der Waals surface area contributed by atoms with Crippen LogP contribution in [0.15, 0.2) is 18.5 Å². The summed E-state index contributed by atoms with van der Waals surface area (Å²) >= 11 is 7.45. The Hall–Kier alpha value is -0.810. The molecular formula is C13H17N3S2. The molecule has 1 fully saturated rings. The van der Waals surface area contributed by atoms with E-state index >= 15 is 0 Å². The van der Waals surface area contributed by atoms with Gasteiger partial charge in [0.1, 0.15) is 0 Å². The lowest BCUT2D eigenvalue weighted by molar-refractivity contribution is 0.510. The van der Waals surface area contributed by atoms with E-state index < -0.39 is 0 Å². The number of thioether (sulfide) groups is 1. The van der Waals surface area contributed by atoms with Gasteiger partial charge in [0.15, 0.2) is 4.77 Å². The Bertz CT molecular complexity index is 608. The van der Waals surface area contributed by atoms with Crippen LogP contribution in [0.4, 0.5) is 0 Å². The number of nitrogens with zero attached hydrogens (tertiary/aromatic N) is 2. The molecule has 1 saturated carbocycles. The predicted molar refractivity (Wildman–Crippen MR) is 79.6 cm³/mol. The van der Waals surface area contributed by atoms with Crippen molar-refractivity contribution in [2.24, 2.45) is 0 Å². The van der Waals surface area contributed by atoms with Crippen molar-refractivity contribution < 1.29 is 0 Å². The van der Waals surface area contributed by atoms with Crippen molar-refractivity contribution in [3.05, 3.63) is 23.2 Å². The Morgan fingerprint density at radius 2 is 2.28 bits per heavy atom. The fourth-order valence-corrected chi connectivity index (χ4v) is 4.13. The van der Waals surface area contributed by atoms with Crippen molar-refractivity contribution >= 4 is 35.0 Å². The summed E-state index contributed by atoms with van der Waals surface area (Å²) in [5, 5.41) is 0. The number of hydrogen-bond acceptors (Lipinski definition) is 3. The molecule has 0 aromatic carbocycles. The third-order valence-corrected chi connectivity index (χ3v) is 5.70. The van der Waals surface area contributed by atoms with Gasteiger partial charge in [-0.2, -0.15) is 11.8 Å². The van der Waals surface area contributed by atoms with Gasteiger partial charge in [-0.05, 0) is 37.4 Å². The van der Waals surface area contributed by atoms with Gasteiger partial charge in [-0.3, -0.25) is 4.98 Å². The lowest BCUT2D eigenvalue weighted by Crippen LogP contribution is -2.26. The highest BCUT2D eigenvalue weighted by Crippen LogP contribution is 2.42. The summed E-state index contributed by atoms with van der Waals surface area (Å²) in [5.41, 5.74) is 2.21. The molecule has 2 aromatic heterocycles. The van der Waals surface area contributed by atoms with E-state index in [1.807, 2.05) is 30.2 Å². The summed E-state index contributed by atoms with van der Waals surface area (Å²) in [4.78, 5) is 7.39. The molecule has 3 rings (SSSR count). The number of rotatable bonds is 3. The second kappa shape index (κ2) is 4.70. The van der Waals surface area contributed by atoms with Gasteiger partial charge in [-0.15, -0.1) is 0 Å². The van der Waals surface area contributed by atoms with Crippen molar-refractivity contribution in [2.75, 3.05) is 6.26 Å². The van der Waals surface area contributed by atoms with E-state index in [4.69, 9.17) is 12.2 Å². The fourth-order valence-electron chi connectivity index (χ4n) is 2.90. The van der Waals surface area contributed by atoms with Gasteiger partial charge in [-0.1, -0.05) is 12.8 Å². The largest absolute Gasteiger partial charge is 0.329 e. The third kappa shape index (κ3) is 1.99. The first-order chi connectivity index (χ1) is 8.74. The second-order valence-corrected chi connectivity index (χ2v) is 6.66. The van der Waals surface area contributed by atoms with E-state index in [2.05, 4.69) is 20.8 Å². The monoisotopic (exact) mass is 279 g/mol. The van der Waals surface area contributed by atoms with Crippen LogP contribution in [-0.4, -0.2) is 25.5 Å². The molecule has 2 aromatic rings. The van der Waals surface area contributed by atoms with Gasteiger partial charge in [0, 0.05) is 17.5 Å². The molecule has 0 bridgehead atoms. The molecule has 96 valence electrons. The number of imidazole rings is 1. The minimum Gasteiger partial charge on any atom is -0.329 e. The molecule has 5 heteroatoms. The number of H-pyrrole nitrogens is 1. The van der Waals surface area contributed by atoms with Crippen LogP contribution in [0, 0.1) is 4.77 Å². The first-order valence-electron chi connectivity index (χ1n) is 6.32. The van der Waals surface area contributed by atoms with Crippen LogP contribution in [-0.2, 0) is 6.54 Å². The van der Waals surface area contributed by atoms with Gasteiger partial charge in [0.2, 0.25) is 0 Å². The quantitative estimate of drug-likeness (QED) is 0.868. The summed E-state index contributed by atoms with van der Waals surface area (Å²) in [6.07, 6.45) is 11.2. The highest BCUT2D eigenvalue weighted by Gasteiger charge is 2.33. The Balaban J connectivity index is 2.04. The van der Waals surface area contributed by atoms with E-state index in [-0.39, 0.29) is 0 Å². The van der Waals surface area contributed by atoms with Crippen molar-refractivity contribution in [3.8, 4) is 0 Å². The minimum absolute atomic E-state index is 0.372. The molecule has 1 aliphatic carbocycles. The zero-order valence-electron chi connectivity index (χ0n) is 10.5. The first kappa shape index (κ1) is 12.2. The maximum absolute atomic E-state index is 5.46. The Morgan fingerprint density at radius 3 is 3.00 bits per heavy atom. The normalized spacial score (nSPS) is 18.5. The molecular weight excluding hydrogens is 262 g/mol. The smallest absolute Gasteiger partial charge is 0.178 e. The maximum atomic E-state index is 5.46. The van der Waals surface area contributed by atoms with Crippen LogP contribution in [0.2, 0.25) is 0 Å². The van der Waals surface area contributed by atoms with Gasteiger partial charge in [0.25, 0.3) is 0 Å². The topological polar surface area (TPSA) is 33.6 Å². The zero-order chi connectivity index (χ0) is 12.6. The van der Waals surface area contributed by atoms with Crippen LogP contribution in [0.3, 0.4) is 0 Å². The van der Waals surface area contributed by atoms with Gasteiger partial charge in [0.05, 0.1) is 17.2 Å². The van der Waals surface area contributed by atoms with E-state index in [0.717, 1.165) is 16.8 Å². The molecule has 2 heterocycles. The standard InChI is InChI=1S/C13H17N3S2/c1-18-13(5-2-3-6-13)9-16-11-4-7-14-8-10(11)15-12(16)17/h4,7-8H,2-3,5-6,9H2,1H3,(H,15,17). The summed E-state index contributed by atoms with van der Waals surface area (Å²) in [5.74, 6) is 0. The number of pyridine rings is 1. The number of aromatic amines is 1. The van der Waals surface area contributed by atoms with Crippen molar-refractivity contribution in [1.29, 1.82) is 0 Å². The first-order valence-corrected chi connectivity index (χ1v) is 7.95. The van der Waals surface area contributed by atoms with E-state index in [0.29, 0.717) is 4.75 Å². The molecule has 0 atom stereocenters. The predicted octanol–water partition coefficient (Wildman–Crippen LogP) is 3.77. The molecule has 0 spiro atoms. The zero-order valence-corrected chi connectivity index (χ0v) is 12.1. The van der Waals surface area contributed by atoms with E-state index in [1.54, 1.807) is 0 Å². The second-order valence-electron chi connectivity index (χ2n) is 5.00. The molecule has 1 N–H and O–H groups in total. The molecule has 18 heavy (non-hydrogen) atoms. The lowest BCUT2D eigenvalue weighted by Gasteiger charge is -2.27. The van der Waals surface area contributed by atoms with Gasteiger partial charge >= 0.3 is 0 Å². The molecule has 0 radical (unpaired) electrons. The van der Waals surface area contributed by atoms with Crippen LogP contribution < -0.4 is 0 Å². The molecule has 0 amide bonds. The third-order valence-electron chi connectivity index (χ3n) is 3.97. The van der Waals surface area contributed by atoms with Crippen molar-refractivity contribution in [1.82, 2.24) is 14.5 Å². The summed E-state index contributed by atoms with van der Waals surface area (Å²) in [6.45, 7) is 1.01. The fraction of sp³-hybridized carbons (Fsp3) is 0.538. The van der Waals surface area contributed by atoms with Gasteiger partial charge in [-0.25, -0.2) is 0 Å². The summed E-state index contributed by atoms with van der Waals surface area (Å²) in [6, 6.07) is 2.05. The highest BCUT2D eigenvalue weighted by molar-refractivity contribution is 8.00. The molecule has 3 nitrogen and oxygen atoms in total. The summed E-state index contributed by atoms with van der Waals surface area (Å²) < 4.78 is 3.43. The SMILES string of the molecule is CSC1(Cn2c(=S)[nH]c3cnccc32)CCCC1. The van der Waals surface area contributed by atoms with E-state index in [9.17, 15) is 0 Å². The Morgan fingerprint density at radius 1 is 1.50 bits per heavy atom. The van der Waals surface area contributed by atoms with Crippen LogP contribution in [0.1, 0.15) is 25.7 Å². The van der Waals surface area contributed by atoms with E-state index in [1.165, 1.54) is 31.2 Å². The van der Waals surface area contributed by atoms with Crippen LogP contribution in [0.25, 0.3) is 11.0 Å². The number of fused-ring (bicyclic) bond motifs is 1. The van der Waals surface area contributed by atoms with Crippen molar-refractivity contribution in [2.45, 2.75) is 37.0 Å². The highest BCUT2D eigenvalue weighted by atomic mass is 32.2. The minimum atomic E-state index is 0.372. The molecule has 1 aliphatic rings. The Labute approximate surface area is 116 Å². The summed E-state index contributed by atoms with van der Waals surface area (Å²) in [7, 11) is 0. The van der Waals surface area contributed by atoms with Crippen molar-refractivity contribution in [3.63, 3.8) is 0 Å². The van der Waals surface area contributed by atoms with Gasteiger partial charge < -0.3 is 9.55 Å². The number of aromatic nitrogens is 3. The lowest BCUT2D eigenvalue weighted by atomic mass is 10.1. The average Bonchev–Trinajstić information content (AvgIpc) is 2.97. The molecule has 0 unspecified atom stereocenters. The van der Waals surface area contributed by atoms with Crippen LogP contribution in [0.5, 0.6) is 0 Å².